The third kappa shape index (κ3) is 4.38. The molecule has 0 amide bonds. The van der Waals surface area contributed by atoms with Crippen molar-refractivity contribution in [2.75, 3.05) is 5.32 Å². The highest BCUT2D eigenvalue weighted by Crippen LogP contribution is 2.20. The maximum atomic E-state index is 6.03. The summed E-state index contributed by atoms with van der Waals surface area (Å²) in [5.74, 6) is 2.95. The summed E-state index contributed by atoms with van der Waals surface area (Å²) in [5, 5.41) is 11.7. The van der Waals surface area contributed by atoms with E-state index in [4.69, 9.17) is 5.73 Å². The van der Waals surface area contributed by atoms with E-state index in [2.05, 4.69) is 51.1 Å². The topological polar surface area (TPSA) is 81.1 Å². The molecule has 0 saturated carbocycles. The second kappa shape index (κ2) is 8.14. The summed E-state index contributed by atoms with van der Waals surface area (Å²) in [4.78, 5) is 4.43. The Morgan fingerprint density at radius 3 is 2.80 bits per heavy atom. The van der Waals surface area contributed by atoms with Gasteiger partial charge in [0.05, 0.1) is 0 Å². The van der Waals surface area contributed by atoms with Crippen LogP contribution in [0.5, 0.6) is 0 Å². The summed E-state index contributed by atoms with van der Waals surface area (Å²) >= 11 is 0. The first-order valence-corrected chi connectivity index (χ1v) is 9.25. The second-order valence-electron chi connectivity index (χ2n) is 6.75. The van der Waals surface area contributed by atoms with Gasteiger partial charge in [-0.25, -0.2) is 4.99 Å². The molecule has 25 heavy (non-hydrogen) atoms. The number of fused-ring (bicyclic) bond motifs is 1. The molecule has 2 aromatic rings. The van der Waals surface area contributed by atoms with Crippen LogP contribution in [0.15, 0.2) is 29.3 Å². The molecule has 6 nitrogen and oxygen atoms in total. The van der Waals surface area contributed by atoms with E-state index in [1.54, 1.807) is 0 Å². The Hall–Kier alpha value is -2.37. The van der Waals surface area contributed by atoms with Crippen molar-refractivity contribution in [3.05, 3.63) is 41.5 Å². The quantitative estimate of drug-likeness (QED) is 0.645. The Morgan fingerprint density at radius 1 is 1.24 bits per heavy atom. The average molecular weight is 340 g/mol. The van der Waals surface area contributed by atoms with Crippen LogP contribution >= 0.6 is 0 Å². The highest BCUT2D eigenvalue weighted by molar-refractivity contribution is 5.92. The van der Waals surface area contributed by atoms with E-state index in [-0.39, 0.29) is 0 Å². The first-order chi connectivity index (χ1) is 12.2. The fourth-order valence-electron chi connectivity index (χ4n) is 3.14. The lowest BCUT2D eigenvalue weighted by Gasteiger charge is -2.11. The van der Waals surface area contributed by atoms with Crippen molar-refractivity contribution in [2.24, 2.45) is 10.7 Å². The molecule has 0 saturated heterocycles. The van der Waals surface area contributed by atoms with Crippen molar-refractivity contribution in [2.45, 2.75) is 65.0 Å². The molecule has 0 spiro atoms. The van der Waals surface area contributed by atoms with Gasteiger partial charge in [0.1, 0.15) is 12.4 Å². The number of nitrogens with zero attached hydrogens (tertiary/aromatic N) is 4. The maximum absolute atomic E-state index is 6.03. The average Bonchev–Trinajstić information content (AvgIpc) is 2.86. The van der Waals surface area contributed by atoms with E-state index in [1.165, 1.54) is 24.8 Å². The first kappa shape index (κ1) is 17.5. The molecule has 3 N–H and O–H groups in total. The number of guanidine groups is 1. The molecule has 0 radical (unpaired) electrons. The van der Waals surface area contributed by atoms with Gasteiger partial charge in [-0.05, 0) is 42.9 Å². The molecule has 6 heteroatoms. The summed E-state index contributed by atoms with van der Waals surface area (Å²) in [7, 11) is 0. The number of hydrogen-bond donors (Lipinski definition) is 2. The Kier molecular flexibility index (Phi) is 5.68. The number of nitrogens with one attached hydrogen (secondary N) is 1. The van der Waals surface area contributed by atoms with E-state index < -0.39 is 0 Å². The lowest BCUT2D eigenvalue weighted by atomic mass is 9.99. The molecule has 1 aliphatic rings. The lowest BCUT2D eigenvalue weighted by Crippen LogP contribution is -2.23. The van der Waals surface area contributed by atoms with Gasteiger partial charge in [0, 0.05) is 18.7 Å². The van der Waals surface area contributed by atoms with Gasteiger partial charge in [0.25, 0.3) is 0 Å². The van der Waals surface area contributed by atoms with Crippen molar-refractivity contribution in [3.63, 3.8) is 0 Å². The maximum Gasteiger partial charge on any atom is 0.193 e. The zero-order valence-electron chi connectivity index (χ0n) is 15.2. The summed E-state index contributed by atoms with van der Waals surface area (Å²) < 4.78 is 2.20. The minimum absolute atomic E-state index is 0.405. The Labute approximate surface area is 149 Å². The van der Waals surface area contributed by atoms with E-state index >= 15 is 0 Å². The van der Waals surface area contributed by atoms with Crippen LogP contribution in [0.25, 0.3) is 0 Å². The molecule has 3 rings (SSSR count). The third-order valence-electron chi connectivity index (χ3n) is 4.94. The zero-order chi connectivity index (χ0) is 17.6. The highest BCUT2D eigenvalue weighted by atomic mass is 15.3. The van der Waals surface area contributed by atoms with Gasteiger partial charge >= 0.3 is 0 Å². The van der Waals surface area contributed by atoms with Crippen LogP contribution < -0.4 is 11.1 Å². The summed E-state index contributed by atoms with van der Waals surface area (Å²) in [6, 6.07) is 8.38. The minimum atomic E-state index is 0.405. The molecule has 1 aromatic carbocycles. The molecule has 2 heterocycles. The molecule has 1 atom stereocenters. The minimum Gasteiger partial charge on any atom is -0.370 e. The SMILES string of the molecule is CCC(C)c1ccc(NC(N)=NCc2nnc3n2CCCCC3)cc1. The van der Waals surface area contributed by atoms with Crippen molar-refractivity contribution in [1.29, 1.82) is 0 Å². The number of hydrogen-bond acceptors (Lipinski definition) is 3. The molecule has 1 aliphatic heterocycles. The molecule has 0 aliphatic carbocycles. The number of aryl methyl sites for hydroxylation is 1. The van der Waals surface area contributed by atoms with E-state index in [1.807, 2.05) is 12.1 Å². The largest absolute Gasteiger partial charge is 0.370 e. The summed E-state index contributed by atoms with van der Waals surface area (Å²) in [6.07, 6.45) is 5.77. The number of benzene rings is 1. The monoisotopic (exact) mass is 340 g/mol. The number of aliphatic imine (C=N–C) groups is 1. The van der Waals surface area contributed by atoms with Crippen LogP contribution in [0, 0.1) is 0 Å². The fourth-order valence-corrected chi connectivity index (χ4v) is 3.14. The third-order valence-corrected chi connectivity index (χ3v) is 4.94. The van der Waals surface area contributed by atoms with Crippen molar-refractivity contribution in [1.82, 2.24) is 14.8 Å². The zero-order valence-corrected chi connectivity index (χ0v) is 15.2. The van der Waals surface area contributed by atoms with Gasteiger partial charge in [0.2, 0.25) is 0 Å². The standard InChI is InChI=1S/C19H28N6/c1-3-14(2)15-8-10-16(11-9-15)22-19(20)21-13-18-24-23-17-7-5-4-6-12-25(17)18/h8-11,14H,3-7,12-13H2,1-2H3,(H3,20,21,22). The molecule has 1 aromatic heterocycles. The van der Waals surface area contributed by atoms with Crippen LogP contribution in [0.1, 0.15) is 62.7 Å². The summed E-state index contributed by atoms with van der Waals surface area (Å²) in [6.45, 7) is 5.88. The normalized spacial score (nSPS) is 16.2. The fraction of sp³-hybridized carbons (Fsp3) is 0.526. The van der Waals surface area contributed by atoms with E-state index in [0.717, 1.165) is 36.7 Å². The van der Waals surface area contributed by atoms with Crippen LogP contribution in [0.3, 0.4) is 0 Å². The molecule has 0 fully saturated rings. The molecule has 134 valence electrons. The van der Waals surface area contributed by atoms with Crippen molar-refractivity contribution in [3.8, 4) is 0 Å². The molecular weight excluding hydrogens is 312 g/mol. The van der Waals surface area contributed by atoms with E-state index in [9.17, 15) is 0 Å². The van der Waals surface area contributed by atoms with Crippen LogP contribution in [-0.4, -0.2) is 20.7 Å². The Morgan fingerprint density at radius 2 is 2.04 bits per heavy atom. The van der Waals surface area contributed by atoms with Crippen LogP contribution in [0.2, 0.25) is 0 Å². The predicted molar refractivity (Wildman–Crippen MR) is 102 cm³/mol. The van der Waals surface area contributed by atoms with E-state index in [0.29, 0.717) is 18.4 Å². The summed E-state index contributed by atoms with van der Waals surface area (Å²) in [5.41, 5.74) is 8.33. The Bertz CT molecular complexity index is 716. The van der Waals surface area contributed by atoms with Crippen LogP contribution in [-0.2, 0) is 19.5 Å². The van der Waals surface area contributed by atoms with Gasteiger partial charge in [0.15, 0.2) is 11.8 Å². The van der Waals surface area contributed by atoms with Gasteiger partial charge in [-0.15, -0.1) is 10.2 Å². The smallest absolute Gasteiger partial charge is 0.193 e. The second-order valence-corrected chi connectivity index (χ2v) is 6.75. The van der Waals surface area contributed by atoms with Gasteiger partial charge < -0.3 is 15.6 Å². The van der Waals surface area contributed by atoms with Gasteiger partial charge in [-0.2, -0.15) is 0 Å². The van der Waals surface area contributed by atoms with Crippen molar-refractivity contribution < 1.29 is 0 Å². The van der Waals surface area contributed by atoms with Gasteiger partial charge in [-0.1, -0.05) is 32.4 Å². The number of rotatable bonds is 5. The number of aromatic nitrogens is 3. The lowest BCUT2D eigenvalue weighted by molar-refractivity contribution is 0.606. The molecule has 1 unspecified atom stereocenters. The number of anilines is 1. The predicted octanol–water partition coefficient (Wildman–Crippen LogP) is 3.44. The van der Waals surface area contributed by atoms with Gasteiger partial charge in [-0.3, -0.25) is 0 Å². The number of nitrogens with two attached hydrogens (primary N) is 1. The first-order valence-electron chi connectivity index (χ1n) is 9.25. The Balaban J connectivity index is 1.62. The highest BCUT2D eigenvalue weighted by Gasteiger charge is 2.14. The molecular formula is C19H28N6. The van der Waals surface area contributed by atoms with Crippen molar-refractivity contribution >= 4 is 11.6 Å². The molecule has 0 bridgehead atoms. The van der Waals surface area contributed by atoms with Crippen LogP contribution in [0.4, 0.5) is 5.69 Å².